The van der Waals surface area contributed by atoms with Crippen LogP contribution in [0, 0.1) is 0 Å². The number of hydrogen-bond donors (Lipinski definition) is 2. The fourth-order valence-corrected chi connectivity index (χ4v) is 2.58. The van der Waals surface area contributed by atoms with E-state index in [0.29, 0.717) is 24.7 Å². The molecule has 2 aromatic rings. The molecule has 1 atom stereocenters. The first kappa shape index (κ1) is 16.8. The molecule has 0 fully saturated rings. The number of hydrogen-bond acceptors (Lipinski definition) is 5. The van der Waals surface area contributed by atoms with Crippen LogP contribution in [0.25, 0.3) is 0 Å². The second kappa shape index (κ2) is 7.65. The maximum atomic E-state index is 12.2. The number of rotatable bonds is 6. The highest BCUT2D eigenvalue weighted by molar-refractivity contribution is 5.85. The third-order valence-electron chi connectivity index (χ3n) is 3.79. The molecule has 0 aliphatic carbocycles. The van der Waals surface area contributed by atoms with Gasteiger partial charge in [0.15, 0.2) is 11.5 Å². The number of carbonyl (C=O) groups excluding carboxylic acids is 1. The summed E-state index contributed by atoms with van der Waals surface area (Å²) in [5.74, 6) is -0.190. The number of ether oxygens (including phenoxy) is 2. The minimum absolute atomic E-state index is 0.0662. The summed E-state index contributed by atoms with van der Waals surface area (Å²) in [6, 6.07) is 7.72. The maximum Gasteiger partial charge on any atom is 0.326 e. The molecule has 0 spiro atoms. The maximum absolute atomic E-state index is 12.2. The Balaban J connectivity index is 1.62. The number of pyridine rings is 1. The van der Waals surface area contributed by atoms with E-state index in [1.165, 1.54) is 0 Å². The number of benzene rings is 1. The van der Waals surface area contributed by atoms with E-state index >= 15 is 0 Å². The van der Waals surface area contributed by atoms with E-state index in [1.807, 2.05) is 0 Å². The van der Waals surface area contributed by atoms with E-state index in [-0.39, 0.29) is 18.7 Å². The van der Waals surface area contributed by atoms with Gasteiger partial charge in [-0.1, -0.05) is 6.07 Å². The van der Waals surface area contributed by atoms with E-state index in [1.54, 1.807) is 42.7 Å². The highest BCUT2D eigenvalue weighted by Gasteiger charge is 2.21. The zero-order valence-corrected chi connectivity index (χ0v) is 13.5. The van der Waals surface area contributed by atoms with Crippen LogP contribution in [-0.4, -0.2) is 41.2 Å². The van der Waals surface area contributed by atoms with Crippen molar-refractivity contribution >= 4 is 11.9 Å². The number of nitrogens with one attached hydrogen (secondary N) is 1. The summed E-state index contributed by atoms with van der Waals surface area (Å²) in [6.45, 7) is 0.970. The predicted molar refractivity (Wildman–Crippen MR) is 88.6 cm³/mol. The van der Waals surface area contributed by atoms with Gasteiger partial charge in [-0.15, -0.1) is 0 Å². The fourth-order valence-electron chi connectivity index (χ4n) is 2.58. The van der Waals surface area contributed by atoms with Gasteiger partial charge in [-0.3, -0.25) is 9.78 Å². The molecule has 7 heteroatoms. The van der Waals surface area contributed by atoms with Crippen molar-refractivity contribution < 1.29 is 24.2 Å². The van der Waals surface area contributed by atoms with Crippen LogP contribution in [0.4, 0.5) is 0 Å². The van der Waals surface area contributed by atoms with Crippen LogP contribution in [0.15, 0.2) is 42.7 Å². The molecule has 2 heterocycles. The van der Waals surface area contributed by atoms with Crippen molar-refractivity contribution in [1.82, 2.24) is 10.3 Å². The van der Waals surface area contributed by atoms with E-state index in [0.717, 1.165) is 11.1 Å². The van der Waals surface area contributed by atoms with Crippen LogP contribution in [0.3, 0.4) is 0 Å². The highest BCUT2D eigenvalue weighted by Crippen LogP contribution is 2.30. The van der Waals surface area contributed by atoms with Gasteiger partial charge in [-0.2, -0.15) is 0 Å². The van der Waals surface area contributed by atoms with Gasteiger partial charge in [-0.25, -0.2) is 4.79 Å². The Kier molecular flexibility index (Phi) is 5.13. The van der Waals surface area contributed by atoms with Gasteiger partial charge in [0, 0.05) is 18.8 Å². The second-order valence-corrected chi connectivity index (χ2v) is 5.67. The lowest BCUT2D eigenvalue weighted by molar-refractivity contribution is -0.141. The molecule has 1 amide bonds. The normalized spacial score (nSPS) is 13.8. The lowest BCUT2D eigenvalue weighted by atomic mass is 10.1. The third-order valence-corrected chi connectivity index (χ3v) is 3.79. The molecule has 0 saturated heterocycles. The minimum atomic E-state index is -1.08. The molecule has 0 radical (unpaired) electrons. The Bertz CT molecular complexity index is 763. The van der Waals surface area contributed by atoms with Crippen LogP contribution in [0.1, 0.15) is 11.1 Å². The molecule has 25 heavy (non-hydrogen) atoms. The SMILES string of the molecule is O=C(Cc1ccc2c(c1)OCCO2)NC(Cc1ccncc1)C(=O)O. The number of carboxylic acid groups (broad SMARTS) is 1. The number of aromatic nitrogens is 1. The Morgan fingerprint density at radius 2 is 1.80 bits per heavy atom. The minimum Gasteiger partial charge on any atom is -0.486 e. The van der Waals surface area contributed by atoms with Gasteiger partial charge in [0.1, 0.15) is 19.3 Å². The second-order valence-electron chi connectivity index (χ2n) is 5.67. The monoisotopic (exact) mass is 342 g/mol. The van der Waals surface area contributed by atoms with Crippen LogP contribution < -0.4 is 14.8 Å². The molecule has 1 aliphatic heterocycles. The number of carboxylic acids is 1. The van der Waals surface area contributed by atoms with Crippen molar-refractivity contribution in [3.63, 3.8) is 0 Å². The topological polar surface area (TPSA) is 97.8 Å². The predicted octanol–water partition coefficient (Wildman–Crippen LogP) is 1.21. The van der Waals surface area contributed by atoms with Crippen LogP contribution in [0.2, 0.25) is 0 Å². The van der Waals surface area contributed by atoms with Crippen molar-refractivity contribution in [2.45, 2.75) is 18.9 Å². The van der Waals surface area contributed by atoms with Crippen LogP contribution in [0.5, 0.6) is 11.5 Å². The van der Waals surface area contributed by atoms with Gasteiger partial charge in [-0.05, 0) is 35.4 Å². The van der Waals surface area contributed by atoms with Crippen molar-refractivity contribution in [3.8, 4) is 11.5 Å². The van der Waals surface area contributed by atoms with Gasteiger partial charge < -0.3 is 19.9 Å². The summed E-state index contributed by atoms with van der Waals surface area (Å²) in [7, 11) is 0. The summed E-state index contributed by atoms with van der Waals surface area (Å²) in [4.78, 5) is 27.5. The molecule has 2 N–H and O–H groups in total. The molecule has 0 saturated carbocycles. The lowest BCUT2D eigenvalue weighted by Gasteiger charge is -2.19. The average molecular weight is 342 g/mol. The van der Waals surface area contributed by atoms with Crippen molar-refractivity contribution in [2.75, 3.05) is 13.2 Å². The Hall–Kier alpha value is -3.09. The van der Waals surface area contributed by atoms with Crippen LogP contribution in [-0.2, 0) is 22.4 Å². The quantitative estimate of drug-likeness (QED) is 0.819. The summed E-state index contributed by atoms with van der Waals surface area (Å²) in [6.07, 6.45) is 3.44. The summed E-state index contributed by atoms with van der Waals surface area (Å²) in [5.41, 5.74) is 1.52. The fraction of sp³-hybridized carbons (Fsp3) is 0.278. The number of aliphatic carboxylic acids is 1. The molecule has 130 valence electrons. The lowest BCUT2D eigenvalue weighted by Crippen LogP contribution is -2.43. The summed E-state index contributed by atoms with van der Waals surface area (Å²) in [5, 5.41) is 11.9. The summed E-state index contributed by atoms with van der Waals surface area (Å²) < 4.78 is 10.9. The molecule has 3 rings (SSSR count). The molecule has 1 aromatic carbocycles. The molecule has 7 nitrogen and oxygen atoms in total. The molecule has 1 unspecified atom stereocenters. The number of amides is 1. The van der Waals surface area contributed by atoms with E-state index in [2.05, 4.69) is 10.3 Å². The standard InChI is InChI=1S/C18H18N2O5/c21-17(11-13-1-2-15-16(10-13)25-8-7-24-15)20-14(18(22)23)9-12-3-5-19-6-4-12/h1-6,10,14H,7-9,11H2,(H,20,21)(H,22,23). The summed E-state index contributed by atoms with van der Waals surface area (Å²) >= 11 is 0. The Morgan fingerprint density at radius 3 is 2.52 bits per heavy atom. The molecular weight excluding hydrogens is 324 g/mol. The highest BCUT2D eigenvalue weighted by atomic mass is 16.6. The van der Waals surface area contributed by atoms with Gasteiger partial charge in [0.25, 0.3) is 0 Å². The van der Waals surface area contributed by atoms with Gasteiger partial charge in [0.2, 0.25) is 5.91 Å². The van der Waals surface area contributed by atoms with Gasteiger partial charge in [0.05, 0.1) is 6.42 Å². The largest absolute Gasteiger partial charge is 0.486 e. The molecule has 1 aromatic heterocycles. The van der Waals surface area contributed by atoms with E-state index < -0.39 is 12.0 Å². The molecular formula is C18H18N2O5. The van der Waals surface area contributed by atoms with E-state index in [4.69, 9.17) is 9.47 Å². The average Bonchev–Trinajstić information content (AvgIpc) is 2.62. The van der Waals surface area contributed by atoms with E-state index in [9.17, 15) is 14.7 Å². The van der Waals surface area contributed by atoms with Crippen molar-refractivity contribution in [3.05, 3.63) is 53.9 Å². The zero-order chi connectivity index (χ0) is 17.6. The first-order valence-electron chi connectivity index (χ1n) is 7.91. The smallest absolute Gasteiger partial charge is 0.326 e. The zero-order valence-electron chi connectivity index (χ0n) is 13.5. The number of carbonyl (C=O) groups is 2. The first-order valence-corrected chi connectivity index (χ1v) is 7.91. The molecule has 1 aliphatic rings. The van der Waals surface area contributed by atoms with Crippen molar-refractivity contribution in [2.24, 2.45) is 0 Å². The Labute approximate surface area is 144 Å². The molecule has 0 bridgehead atoms. The Morgan fingerprint density at radius 1 is 1.08 bits per heavy atom. The third kappa shape index (κ3) is 4.47. The van der Waals surface area contributed by atoms with Crippen LogP contribution >= 0.6 is 0 Å². The van der Waals surface area contributed by atoms with Crippen molar-refractivity contribution in [1.29, 1.82) is 0 Å². The van der Waals surface area contributed by atoms with Gasteiger partial charge >= 0.3 is 5.97 Å². The number of fused-ring (bicyclic) bond motifs is 1. The first-order chi connectivity index (χ1) is 12.1. The number of nitrogens with zero attached hydrogens (tertiary/aromatic N) is 1.